The van der Waals surface area contributed by atoms with Crippen molar-refractivity contribution in [2.75, 3.05) is 0 Å². The van der Waals surface area contributed by atoms with Gasteiger partial charge in [0.15, 0.2) is 6.29 Å². The van der Waals surface area contributed by atoms with Gasteiger partial charge in [-0.2, -0.15) is 8.42 Å². The molecular weight excluding hydrogens is 508 g/mol. The minimum Gasteiger partial charge on any atom is -0.490 e. The first kappa shape index (κ1) is 26.5. The summed E-state index contributed by atoms with van der Waals surface area (Å²) in [5, 5.41) is 16.1. The van der Waals surface area contributed by atoms with Crippen molar-refractivity contribution < 1.29 is 22.5 Å². The number of rotatable bonds is 8. The second kappa shape index (κ2) is 10.8. The smallest absolute Gasteiger partial charge is 0.295 e. The molecule has 0 aliphatic carbocycles. The summed E-state index contributed by atoms with van der Waals surface area (Å²) in [4.78, 5) is 15.8. The van der Waals surface area contributed by atoms with E-state index in [-0.39, 0.29) is 27.8 Å². The summed E-state index contributed by atoms with van der Waals surface area (Å²) < 4.78 is 39.8. The van der Waals surface area contributed by atoms with Gasteiger partial charge in [0, 0.05) is 16.3 Å². The highest BCUT2D eigenvalue weighted by Gasteiger charge is 2.20. The second-order valence-electron chi connectivity index (χ2n) is 8.60. The lowest BCUT2D eigenvalue weighted by Gasteiger charge is -2.17. The maximum atomic E-state index is 12.0. The molecule has 11 nitrogen and oxygen atoms in total. The maximum Gasteiger partial charge on any atom is 0.295 e. The number of hydrogen-bond donors (Lipinski definition) is 2. The van der Waals surface area contributed by atoms with E-state index < -0.39 is 10.1 Å². The Balaban J connectivity index is 1.77. The molecule has 0 fully saturated rings. The fraction of sp³-hybridized carbons (Fsp3) is 0.154. The van der Waals surface area contributed by atoms with Crippen molar-refractivity contribution in [3.05, 3.63) is 71.9 Å². The van der Waals surface area contributed by atoms with Gasteiger partial charge in [-0.1, -0.05) is 29.5 Å². The SMILES string of the molecule is Cc1cc(C=O)c(OC(C)C)c(-c2ccc(N=Nc3cc(S(=O)(=O)O)c4ccccc4c3N=NN)cn2)c1. The number of carbonyl (C=O) groups is 1. The summed E-state index contributed by atoms with van der Waals surface area (Å²) in [6, 6.07) is 14.6. The fourth-order valence-corrected chi connectivity index (χ4v) is 4.64. The number of aromatic nitrogens is 1. The lowest BCUT2D eigenvalue weighted by molar-refractivity contribution is 0.111. The molecule has 0 aliphatic rings. The van der Waals surface area contributed by atoms with Gasteiger partial charge in [-0.05, 0) is 56.7 Å². The van der Waals surface area contributed by atoms with Crippen LogP contribution in [0.1, 0.15) is 29.8 Å². The fourth-order valence-electron chi connectivity index (χ4n) is 3.93. The Morgan fingerprint density at radius 2 is 1.76 bits per heavy atom. The quantitative estimate of drug-likeness (QED) is 0.0865. The Bertz CT molecular complexity index is 1680. The second-order valence-corrected chi connectivity index (χ2v) is 9.99. The maximum absolute atomic E-state index is 12.0. The van der Waals surface area contributed by atoms with Crippen molar-refractivity contribution in [1.29, 1.82) is 0 Å². The van der Waals surface area contributed by atoms with Gasteiger partial charge >= 0.3 is 0 Å². The van der Waals surface area contributed by atoms with E-state index in [1.807, 2.05) is 26.8 Å². The van der Waals surface area contributed by atoms with Crippen molar-refractivity contribution in [2.24, 2.45) is 26.4 Å². The first-order chi connectivity index (χ1) is 18.1. The average Bonchev–Trinajstić information content (AvgIpc) is 2.88. The Hall–Kier alpha value is -4.55. The van der Waals surface area contributed by atoms with E-state index in [0.29, 0.717) is 33.6 Å². The largest absolute Gasteiger partial charge is 0.490 e. The Morgan fingerprint density at radius 1 is 1.03 bits per heavy atom. The standard InChI is InChI=1S/C26H24N6O5S/c1-15(2)37-26-17(14-33)10-16(3)11-21(26)22-9-8-18(13-28-22)29-30-23-12-24(38(34,35)36)19-6-4-5-7-20(19)25(23)31-32-27/h4-15H,1-3H3,(H2,27,31)(H,34,35,36). The van der Waals surface area contributed by atoms with Crippen LogP contribution in [0.25, 0.3) is 22.0 Å². The van der Waals surface area contributed by atoms with Crippen LogP contribution in [0.2, 0.25) is 0 Å². The molecule has 0 spiro atoms. The van der Waals surface area contributed by atoms with Crippen LogP contribution >= 0.6 is 0 Å². The average molecular weight is 533 g/mol. The monoisotopic (exact) mass is 532 g/mol. The molecule has 12 heteroatoms. The number of hydrogen-bond acceptors (Lipinski definition) is 9. The zero-order valence-electron chi connectivity index (χ0n) is 20.7. The Labute approximate surface area is 218 Å². The van der Waals surface area contributed by atoms with Gasteiger partial charge in [0.2, 0.25) is 0 Å². The molecule has 0 atom stereocenters. The lowest BCUT2D eigenvalue weighted by Crippen LogP contribution is -2.09. The lowest BCUT2D eigenvalue weighted by atomic mass is 10.0. The Kier molecular flexibility index (Phi) is 7.55. The van der Waals surface area contributed by atoms with Gasteiger partial charge in [0.1, 0.15) is 27.7 Å². The third-order valence-electron chi connectivity index (χ3n) is 5.43. The summed E-state index contributed by atoms with van der Waals surface area (Å²) in [5.41, 5.74) is 3.06. The van der Waals surface area contributed by atoms with Crippen LogP contribution in [0.4, 0.5) is 17.1 Å². The number of benzene rings is 3. The van der Waals surface area contributed by atoms with E-state index in [4.69, 9.17) is 10.6 Å². The zero-order valence-corrected chi connectivity index (χ0v) is 21.5. The highest BCUT2D eigenvalue weighted by atomic mass is 32.2. The predicted molar refractivity (Wildman–Crippen MR) is 142 cm³/mol. The summed E-state index contributed by atoms with van der Waals surface area (Å²) in [6.45, 7) is 5.61. The van der Waals surface area contributed by atoms with Gasteiger partial charge in [-0.3, -0.25) is 14.3 Å². The minimum atomic E-state index is -4.58. The van der Waals surface area contributed by atoms with Crippen LogP contribution < -0.4 is 10.6 Å². The summed E-state index contributed by atoms with van der Waals surface area (Å²) in [7, 11) is -4.58. The van der Waals surface area contributed by atoms with E-state index in [0.717, 1.165) is 17.9 Å². The molecule has 0 aliphatic heterocycles. The highest BCUT2D eigenvalue weighted by molar-refractivity contribution is 7.86. The molecule has 3 aromatic carbocycles. The number of nitrogens with zero attached hydrogens (tertiary/aromatic N) is 5. The number of aldehydes is 1. The molecule has 4 aromatic rings. The molecule has 194 valence electrons. The van der Waals surface area contributed by atoms with Gasteiger partial charge < -0.3 is 10.6 Å². The zero-order chi connectivity index (χ0) is 27.4. The summed E-state index contributed by atoms with van der Waals surface area (Å²) in [5.74, 6) is 5.71. The van der Waals surface area contributed by atoms with Crippen LogP contribution in [0, 0.1) is 6.92 Å². The number of fused-ring (bicyclic) bond motifs is 1. The van der Waals surface area contributed by atoms with Crippen molar-refractivity contribution in [2.45, 2.75) is 31.8 Å². The van der Waals surface area contributed by atoms with Crippen molar-refractivity contribution in [3.8, 4) is 17.0 Å². The van der Waals surface area contributed by atoms with Crippen LogP contribution in [-0.4, -0.2) is 30.3 Å². The molecule has 0 saturated carbocycles. The van der Waals surface area contributed by atoms with Gasteiger partial charge in [0.25, 0.3) is 10.1 Å². The molecule has 0 radical (unpaired) electrons. The molecule has 38 heavy (non-hydrogen) atoms. The molecule has 0 unspecified atom stereocenters. The molecule has 1 aromatic heterocycles. The van der Waals surface area contributed by atoms with Gasteiger partial charge in [-0.15, -0.1) is 15.3 Å². The minimum absolute atomic E-state index is 0.0246. The first-order valence-corrected chi connectivity index (χ1v) is 12.8. The predicted octanol–water partition coefficient (Wildman–Crippen LogP) is 6.43. The molecule has 1 heterocycles. The van der Waals surface area contributed by atoms with E-state index in [1.165, 1.54) is 12.3 Å². The van der Waals surface area contributed by atoms with Crippen molar-refractivity contribution >= 4 is 44.2 Å². The number of aryl methyl sites for hydroxylation is 1. The molecular formula is C26H24N6O5S. The molecule has 3 N–H and O–H groups in total. The third kappa shape index (κ3) is 5.56. The topological polar surface area (TPSA) is 169 Å². The van der Waals surface area contributed by atoms with Crippen molar-refractivity contribution in [3.63, 3.8) is 0 Å². The molecule has 0 saturated heterocycles. The first-order valence-electron chi connectivity index (χ1n) is 11.4. The van der Waals surface area contributed by atoms with Crippen LogP contribution in [0.3, 0.4) is 0 Å². The number of carbonyl (C=O) groups excluding carboxylic acids is 1. The van der Waals surface area contributed by atoms with E-state index in [1.54, 1.807) is 36.4 Å². The summed E-state index contributed by atoms with van der Waals surface area (Å²) in [6.07, 6.45) is 2.06. The molecule has 4 rings (SSSR count). The number of nitrogens with two attached hydrogens (primary N) is 1. The summed E-state index contributed by atoms with van der Waals surface area (Å²) >= 11 is 0. The molecule has 0 amide bonds. The van der Waals surface area contributed by atoms with Crippen LogP contribution in [0.5, 0.6) is 5.75 Å². The Morgan fingerprint density at radius 3 is 2.37 bits per heavy atom. The van der Waals surface area contributed by atoms with Gasteiger partial charge in [0.05, 0.1) is 23.6 Å². The van der Waals surface area contributed by atoms with E-state index in [2.05, 4.69) is 25.5 Å². The van der Waals surface area contributed by atoms with Crippen LogP contribution in [0.15, 0.2) is 86.3 Å². The number of pyridine rings is 1. The molecule has 0 bridgehead atoms. The van der Waals surface area contributed by atoms with Crippen molar-refractivity contribution in [1.82, 2.24) is 4.98 Å². The number of ether oxygens (including phenoxy) is 1. The number of azo groups is 1. The van der Waals surface area contributed by atoms with E-state index in [9.17, 15) is 17.8 Å². The third-order valence-corrected chi connectivity index (χ3v) is 6.33. The normalized spacial score (nSPS) is 12.1. The van der Waals surface area contributed by atoms with Gasteiger partial charge in [-0.25, -0.2) is 0 Å². The highest BCUT2D eigenvalue weighted by Crippen LogP contribution is 2.41. The van der Waals surface area contributed by atoms with Crippen LogP contribution in [-0.2, 0) is 10.1 Å². The van der Waals surface area contributed by atoms with E-state index >= 15 is 0 Å².